The minimum absolute atomic E-state index is 0.0898. The molecule has 0 bridgehead atoms. The van der Waals surface area contributed by atoms with E-state index in [-0.39, 0.29) is 22.8 Å². The number of carbonyl (C=O) groups excluding carboxylic acids is 2. The first kappa shape index (κ1) is 18.6. The number of aromatic nitrogens is 4. The van der Waals surface area contributed by atoms with Crippen LogP contribution in [0.1, 0.15) is 52.2 Å². The van der Waals surface area contributed by atoms with Crippen molar-refractivity contribution in [1.29, 1.82) is 0 Å². The molecule has 8 nitrogen and oxygen atoms in total. The maximum atomic E-state index is 13.8. The van der Waals surface area contributed by atoms with Crippen molar-refractivity contribution in [2.75, 3.05) is 10.6 Å². The smallest absolute Gasteiger partial charge is 0.278 e. The first-order valence-electron chi connectivity index (χ1n) is 9.02. The van der Waals surface area contributed by atoms with Gasteiger partial charge in [-0.15, -0.1) is 0 Å². The first-order chi connectivity index (χ1) is 14.0. The fourth-order valence-corrected chi connectivity index (χ4v) is 2.79. The number of halogens is 1. The summed E-state index contributed by atoms with van der Waals surface area (Å²) in [6.45, 7) is 1.26. The molecular weight excluding hydrogens is 375 g/mol. The molecule has 0 atom stereocenters. The van der Waals surface area contributed by atoms with Gasteiger partial charge in [-0.3, -0.25) is 9.59 Å². The Labute approximate surface area is 165 Å². The Hall–Kier alpha value is -3.75. The highest BCUT2D eigenvalue weighted by atomic mass is 19.1. The maximum Gasteiger partial charge on any atom is 0.278 e. The number of amides is 1. The molecule has 4 rings (SSSR count). The van der Waals surface area contributed by atoms with Gasteiger partial charge in [0.25, 0.3) is 5.91 Å². The summed E-state index contributed by atoms with van der Waals surface area (Å²) in [5.74, 6) is -1.05. The van der Waals surface area contributed by atoms with E-state index in [9.17, 15) is 14.0 Å². The number of anilines is 3. The van der Waals surface area contributed by atoms with Gasteiger partial charge in [0.15, 0.2) is 17.3 Å². The molecule has 2 heterocycles. The van der Waals surface area contributed by atoms with Gasteiger partial charge in [0, 0.05) is 11.6 Å². The normalized spacial score (nSPS) is 13.0. The van der Waals surface area contributed by atoms with Gasteiger partial charge in [-0.05, 0) is 38.0 Å². The summed E-state index contributed by atoms with van der Waals surface area (Å²) < 4.78 is 13.8. The molecule has 0 saturated heterocycles. The third-order valence-corrected chi connectivity index (χ3v) is 4.43. The van der Waals surface area contributed by atoms with E-state index in [0.29, 0.717) is 11.6 Å². The minimum Gasteiger partial charge on any atom is -0.336 e. The first-order valence-corrected chi connectivity index (χ1v) is 9.02. The Kier molecular flexibility index (Phi) is 4.94. The summed E-state index contributed by atoms with van der Waals surface area (Å²) in [5.41, 5.74) is 1.57. The van der Waals surface area contributed by atoms with Crippen molar-refractivity contribution in [3.63, 3.8) is 0 Å². The van der Waals surface area contributed by atoms with Crippen LogP contribution in [0.5, 0.6) is 0 Å². The second kappa shape index (κ2) is 7.70. The lowest BCUT2D eigenvalue weighted by Gasteiger charge is -2.12. The number of Topliss-reactive ketones (excluding diaryl/α,β-unsaturated/α-hetero) is 1. The standard InChI is InChI=1S/C20H17FN6O2/c1-11(28)15-6-13(4-5-16(15)21)26-20(29)18-19(25-14-7-22-10-23-8-14)24-9-17(27-18)12-2-3-12/h4-10,12H,2-3H2,1H3,(H,24,25)(H,26,29). The average molecular weight is 392 g/mol. The molecule has 1 amide bonds. The predicted molar refractivity (Wildman–Crippen MR) is 104 cm³/mol. The van der Waals surface area contributed by atoms with E-state index in [1.807, 2.05) is 0 Å². The molecular formula is C20H17FN6O2. The summed E-state index contributed by atoms with van der Waals surface area (Å²) in [6, 6.07) is 3.82. The van der Waals surface area contributed by atoms with Crippen molar-refractivity contribution in [1.82, 2.24) is 19.9 Å². The molecule has 1 aromatic carbocycles. The summed E-state index contributed by atoms with van der Waals surface area (Å²) in [7, 11) is 0. The van der Waals surface area contributed by atoms with Crippen molar-refractivity contribution in [3.8, 4) is 0 Å². The molecule has 3 aromatic rings. The van der Waals surface area contributed by atoms with Crippen molar-refractivity contribution < 1.29 is 14.0 Å². The zero-order chi connectivity index (χ0) is 20.4. The number of nitrogens with zero attached hydrogens (tertiary/aromatic N) is 4. The molecule has 2 N–H and O–H groups in total. The second-order valence-electron chi connectivity index (χ2n) is 6.72. The van der Waals surface area contributed by atoms with Crippen LogP contribution in [0.25, 0.3) is 0 Å². The number of ketones is 1. The number of benzene rings is 1. The van der Waals surface area contributed by atoms with Gasteiger partial charge < -0.3 is 10.6 Å². The predicted octanol–water partition coefficient (Wildman–Crippen LogP) is 3.48. The van der Waals surface area contributed by atoms with Gasteiger partial charge >= 0.3 is 0 Å². The lowest BCUT2D eigenvalue weighted by Crippen LogP contribution is -2.18. The van der Waals surface area contributed by atoms with Crippen molar-refractivity contribution in [2.24, 2.45) is 0 Å². The van der Waals surface area contributed by atoms with Crippen LogP contribution in [0.15, 0.2) is 43.1 Å². The van der Waals surface area contributed by atoms with Gasteiger partial charge in [-0.25, -0.2) is 24.3 Å². The van der Waals surface area contributed by atoms with Crippen molar-refractivity contribution >= 4 is 28.9 Å². The molecule has 0 spiro atoms. The lowest BCUT2D eigenvalue weighted by molar-refractivity contribution is 0.100. The van der Waals surface area contributed by atoms with E-state index in [1.54, 1.807) is 18.6 Å². The topological polar surface area (TPSA) is 110 Å². The maximum absolute atomic E-state index is 13.8. The van der Waals surface area contributed by atoms with E-state index >= 15 is 0 Å². The van der Waals surface area contributed by atoms with E-state index < -0.39 is 17.5 Å². The zero-order valence-electron chi connectivity index (χ0n) is 15.5. The second-order valence-corrected chi connectivity index (χ2v) is 6.72. The molecule has 1 aliphatic carbocycles. The molecule has 0 aliphatic heterocycles. The van der Waals surface area contributed by atoms with Crippen LogP contribution in [0.4, 0.5) is 21.6 Å². The Balaban J connectivity index is 1.65. The third-order valence-electron chi connectivity index (χ3n) is 4.43. The number of hydrogen-bond donors (Lipinski definition) is 2. The average Bonchev–Trinajstić information content (AvgIpc) is 3.55. The molecule has 29 heavy (non-hydrogen) atoms. The molecule has 0 radical (unpaired) electrons. The van der Waals surface area contributed by atoms with E-state index in [4.69, 9.17) is 0 Å². The van der Waals surface area contributed by atoms with Gasteiger partial charge in [0.2, 0.25) is 0 Å². The monoisotopic (exact) mass is 392 g/mol. The van der Waals surface area contributed by atoms with E-state index in [2.05, 4.69) is 30.6 Å². The number of rotatable bonds is 6. The SMILES string of the molecule is CC(=O)c1cc(NC(=O)c2nc(C3CC3)cnc2Nc2cncnc2)ccc1F. The molecule has 2 aromatic heterocycles. The number of nitrogens with one attached hydrogen (secondary N) is 2. The summed E-state index contributed by atoms with van der Waals surface area (Å²) >= 11 is 0. The minimum atomic E-state index is -0.641. The van der Waals surface area contributed by atoms with Crippen molar-refractivity contribution in [2.45, 2.75) is 25.7 Å². The molecule has 1 aliphatic rings. The Morgan fingerprint density at radius 3 is 2.55 bits per heavy atom. The number of carbonyl (C=O) groups is 2. The Morgan fingerprint density at radius 2 is 1.86 bits per heavy atom. The molecule has 146 valence electrons. The number of hydrogen-bond acceptors (Lipinski definition) is 7. The highest BCUT2D eigenvalue weighted by Crippen LogP contribution is 2.39. The van der Waals surface area contributed by atoms with Gasteiger partial charge in [-0.1, -0.05) is 0 Å². The van der Waals surface area contributed by atoms with Gasteiger partial charge in [0.05, 0.1) is 35.5 Å². The Morgan fingerprint density at radius 1 is 1.10 bits per heavy atom. The quantitative estimate of drug-likeness (QED) is 0.618. The van der Waals surface area contributed by atoms with Crippen LogP contribution in [0.3, 0.4) is 0 Å². The van der Waals surface area contributed by atoms with Crippen molar-refractivity contribution in [3.05, 3.63) is 65.9 Å². The highest BCUT2D eigenvalue weighted by molar-refractivity contribution is 6.07. The fourth-order valence-electron chi connectivity index (χ4n) is 2.79. The third kappa shape index (κ3) is 4.23. The van der Waals surface area contributed by atoms with Gasteiger partial charge in [0.1, 0.15) is 12.1 Å². The largest absolute Gasteiger partial charge is 0.336 e. The van der Waals surface area contributed by atoms with Crippen LogP contribution in [-0.4, -0.2) is 31.6 Å². The van der Waals surface area contributed by atoms with Crippen LogP contribution in [-0.2, 0) is 0 Å². The molecule has 1 fully saturated rings. The Bertz CT molecular complexity index is 1090. The zero-order valence-corrected chi connectivity index (χ0v) is 15.5. The van der Waals surface area contributed by atoms with Crippen LogP contribution in [0, 0.1) is 5.82 Å². The van der Waals surface area contributed by atoms with Crippen LogP contribution in [0.2, 0.25) is 0 Å². The molecule has 1 saturated carbocycles. The van der Waals surface area contributed by atoms with Crippen LogP contribution < -0.4 is 10.6 Å². The van der Waals surface area contributed by atoms with E-state index in [1.165, 1.54) is 25.4 Å². The summed E-state index contributed by atoms with van der Waals surface area (Å²) in [5, 5.41) is 5.65. The highest BCUT2D eigenvalue weighted by Gasteiger charge is 2.28. The van der Waals surface area contributed by atoms with E-state index in [0.717, 1.165) is 24.6 Å². The van der Waals surface area contributed by atoms with Gasteiger partial charge in [-0.2, -0.15) is 0 Å². The lowest BCUT2D eigenvalue weighted by atomic mass is 10.1. The summed E-state index contributed by atoms with van der Waals surface area (Å²) in [4.78, 5) is 41.2. The molecule has 0 unspecified atom stereocenters. The van der Waals surface area contributed by atoms with Crippen LogP contribution >= 0.6 is 0 Å². The summed E-state index contributed by atoms with van der Waals surface area (Å²) in [6.07, 6.45) is 8.15. The fraction of sp³-hybridized carbons (Fsp3) is 0.200. The molecule has 9 heteroatoms.